The zero-order valence-electron chi connectivity index (χ0n) is 11.1. The summed E-state index contributed by atoms with van der Waals surface area (Å²) in [7, 11) is 4.13. The van der Waals surface area contributed by atoms with E-state index in [0.29, 0.717) is 6.04 Å². The SMILES string of the molecule is CNc1cncc(N(C)C2CCCCC2C)c1. The lowest BCUT2D eigenvalue weighted by Gasteiger charge is -2.37. The second-order valence-corrected chi connectivity index (χ2v) is 5.12. The van der Waals surface area contributed by atoms with E-state index in [2.05, 4.69) is 35.2 Å². The van der Waals surface area contributed by atoms with E-state index in [1.807, 2.05) is 19.4 Å². The average molecular weight is 233 g/mol. The molecule has 1 aliphatic rings. The summed E-state index contributed by atoms with van der Waals surface area (Å²) in [5.74, 6) is 0.784. The first-order chi connectivity index (χ1) is 8.22. The predicted molar refractivity (Wildman–Crippen MR) is 73.6 cm³/mol. The highest BCUT2D eigenvalue weighted by atomic mass is 15.1. The van der Waals surface area contributed by atoms with Crippen LogP contribution in [0.15, 0.2) is 18.5 Å². The van der Waals surface area contributed by atoms with Crippen LogP contribution in [-0.2, 0) is 0 Å². The Kier molecular flexibility index (Phi) is 3.87. The van der Waals surface area contributed by atoms with E-state index in [9.17, 15) is 0 Å². The molecule has 1 aromatic rings. The molecule has 1 aliphatic carbocycles. The molecule has 2 unspecified atom stereocenters. The minimum Gasteiger partial charge on any atom is -0.387 e. The van der Waals surface area contributed by atoms with Gasteiger partial charge in [-0.25, -0.2) is 0 Å². The summed E-state index contributed by atoms with van der Waals surface area (Å²) in [6.07, 6.45) is 9.23. The third-order valence-corrected chi connectivity index (χ3v) is 3.98. The third-order valence-electron chi connectivity index (χ3n) is 3.98. The number of aromatic nitrogens is 1. The monoisotopic (exact) mass is 233 g/mol. The largest absolute Gasteiger partial charge is 0.387 e. The van der Waals surface area contributed by atoms with E-state index < -0.39 is 0 Å². The summed E-state index contributed by atoms with van der Waals surface area (Å²) in [5.41, 5.74) is 2.30. The zero-order chi connectivity index (χ0) is 12.3. The van der Waals surface area contributed by atoms with Gasteiger partial charge in [0.05, 0.1) is 23.8 Å². The van der Waals surface area contributed by atoms with Crippen LogP contribution in [0.4, 0.5) is 11.4 Å². The van der Waals surface area contributed by atoms with Crippen LogP contribution in [0.1, 0.15) is 32.6 Å². The topological polar surface area (TPSA) is 28.2 Å². The van der Waals surface area contributed by atoms with Crippen molar-refractivity contribution in [3.8, 4) is 0 Å². The van der Waals surface area contributed by atoms with E-state index >= 15 is 0 Å². The Morgan fingerprint density at radius 3 is 2.76 bits per heavy atom. The highest BCUT2D eigenvalue weighted by Gasteiger charge is 2.25. The van der Waals surface area contributed by atoms with Crippen molar-refractivity contribution < 1.29 is 0 Å². The van der Waals surface area contributed by atoms with E-state index in [1.54, 1.807) is 0 Å². The van der Waals surface area contributed by atoms with Gasteiger partial charge in [-0.15, -0.1) is 0 Å². The fourth-order valence-electron chi connectivity index (χ4n) is 2.82. The van der Waals surface area contributed by atoms with Crippen LogP contribution in [0.5, 0.6) is 0 Å². The number of pyridine rings is 1. The number of hydrogen-bond acceptors (Lipinski definition) is 3. The Bertz CT molecular complexity index is 364. The van der Waals surface area contributed by atoms with Crippen LogP contribution < -0.4 is 10.2 Å². The van der Waals surface area contributed by atoms with Crippen molar-refractivity contribution >= 4 is 11.4 Å². The maximum atomic E-state index is 4.29. The average Bonchev–Trinajstić information content (AvgIpc) is 2.38. The Labute approximate surface area is 104 Å². The fourth-order valence-corrected chi connectivity index (χ4v) is 2.82. The lowest BCUT2D eigenvalue weighted by molar-refractivity contribution is 0.321. The molecule has 2 atom stereocenters. The minimum absolute atomic E-state index is 0.664. The molecule has 2 rings (SSSR count). The van der Waals surface area contributed by atoms with E-state index in [1.165, 1.54) is 31.4 Å². The van der Waals surface area contributed by atoms with Gasteiger partial charge in [0.1, 0.15) is 0 Å². The molecular formula is C14H23N3. The zero-order valence-corrected chi connectivity index (χ0v) is 11.1. The van der Waals surface area contributed by atoms with Gasteiger partial charge in [-0.3, -0.25) is 4.98 Å². The normalized spacial score (nSPS) is 24.4. The van der Waals surface area contributed by atoms with Gasteiger partial charge in [-0.05, 0) is 24.8 Å². The van der Waals surface area contributed by atoms with Crippen LogP contribution >= 0.6 is 0 Å². The number of nitrogens with zero attached hydrogens (tertiary/aromatic N) is 2. The summed E-state index contributed by atoms with van der Waals surface area (Å²) in [5, 5.41) is 3.15. The third kappa shape index (κ3) is 2.71. The quantitative estimate of drug-likeness (QED) is 0.869. The molecule has 3 nitrogen and oxygen atoms in total. The number of anilines is 2. The van der Waals surface area contributed by atoms with Crippen molar-refractivity contribution in [2.75, 3.05) is 24.3 Å². The molecule has 0 aromatic carbocycles. The molecule has 0 spiro atoms. The molecule has 3 heteroatoms. The van der Waals surface area contributed by atoms with Crippen molar-refractivity contribution in [1.29, 1.82) is 0 Å². The van der Waals surface area contributed by atoms with Crippen LogP contribution in [0.2, 0.25) is 0 Å². The lowest BCUT2D eigenvalue weighted by atomic mass is 9.85. The van der Waals surface area contributed by atoms with Crippen molar-refractivity contribution in [3.05, 3.63) is 18.5 Å². The molecule has 1 N–H and O–H groups in total. The second kappa shape index (κ2) is 5.39. The molecule has 0 amide bonds. The Balaban J connectivity index is 2.14. The highest BCUT2D eigenvalue weighted by molar-refractivity contribution is 5.55. The minimum atomic E-state index is 0.664. The Morgan fingerprint density at radius 1 is 1.29 bits per heavy atom. The van der Waals surface area contributed by atoms with E-state index in [0.717, 1.165) is 11.6 Å². The van der Waals surface area contributed by atoms with Gasteiger partial charge in [0.15, 0.2) is 0 Å². The van der Waals surface area contributed by atoms with Crippen LogP contribution in [-0.4, -0.2) is 25.1 Å². The first-order valence-electron chi connectivity index (χ1n) is 6.58. The number of hydrogen-bond donors (Lipinski definition) is 1. The number of nitrogens with one attached hydrogen (secondary N) is 1. The van der Waals surface area contributed by atoms with Gasteiger partial charge >= 0.3 is 0 Å². The summed E-state index contributed by atoms with van der Waals surface area (Å²) in [6.45, 7) is 2.37. The molecule has 17 heavy (non-hydrogen) atoms. The molecule has 0 bridgehead atoms. The molecule has 94 valence electrons. The molecule has 0 aliphatic heterocycles. The molecule has 0 radical (unpaired) electrons. The van der Waals surface area contributed by atoms with E-state index in [4.69, 9.17) is 0 Å². The van der Waals surface area contributed by atoms with Crippen LogP contribution in [0.3, 0.4) is 0 Å². The van der Waals surface area contributed by atoms with Crippen molar-refractivity contribution in [2.24, 2.45) is 5.92 Å². The van der Waals surface area contributed by atoms with Gasteiger partial charge in [-0.1, -0.05) is 19.8 Å². The van der Waals surface area contributed by atoms with Gasteiger partial charge in [0.25, 0.3) is 0 Å². The first kappa shape index (κ1) is 12.2. The number of rotatable bonds is 3. The molecule has 0 saturated heterocycles. The molecule has 1 aromatic heterocycles. The fraction of sp³-hybridized carbons (Fsp3) is 0.643. The smallest absolute Gasteiger partial charge is 0.0573 e. The second-order valence-electron chi connectivity index (χ2n) is 5.12. The molecule has 1 heterocycles. The summed E-state index contributed by atoms with van der Waals surface area (Å²) in [6, 6.07) is 2.84. The van der Waals surface area contributed by atoms with Crippen molar-refractivity contribution in [3.63, 3.8) is 0 Å². The van der Waals surface area contributed by atoms with Crippen molar-refractivity contribution in [2.45, 2.75) is 38.6 Å². The maximum Gasteiger partial charge on any atom is 0.0573 e. The van der Waals surface area contributed by atoms with Crippen LogP contribution in [0, 0.1) is 5.92 Å². The summed E-state index contributed by atoms with van der Waals surface area (Å²) in [4.78, 5) is 6.69. The van der Waals surface area contributed by atoms with Gasteiger partial charge < -0.3 is 10.2 Å². The van der Waals surface area contributed by atoms with Gasteiger partial charge in [0.2, 0.25) is 0 Å². The van der Waals surface area contributed by atoms with E-state index in [-0.39, 0.29) is 0 Å². The Hall–Kier alpha value is -1.25. The maximum absolute atomic E-state index is 4.29. The molecule has 1 fully saturated rings. The molecule has 1 saturated carbocycles. The van der Waals surface area contributed by atoms with Gasteiger partial charge in [0, 0.05) is 20.1 Å². The summed E-state index contributed by atoms with van der Waals surface area (Å²) < 4.78 is 0. The highest BCUT2D eigenvalue weighted by Crippen LogP contribution is 2.30. The van der Waals surface area contributed by atoms with Gasteiger partial charge in [-0.2, -0.15) is 0 Å². The predicted octanol–water partition coefficient (Wildman–Crippen LogP) is 3.14. The van der Waals surface area contributed by atoms with Crippen LogP contribution in [0.25, 0.3) is 0 Å². The first-order valence-corrected chi connectivity index (χ1v) is 6.58. The summed E-state index contributed by atoms with van der Waals surface area (Å²) >= 11 is 0. The van der Waals surface area contributed by atoms with Crippen molar-refractivity contribution in [1.82, 2.24) is 4.98 Å². The Morgan fingerprint density at radius 2 is 2.06 bits per heavy atom. The molecular weight excluding hydrogens is 210 g/mol. The lowest BCUT2D eigenvalue weighted by Crippen LogP contribution is -2.39. The standard InChI is InChI=1S/C14H23N3/c1-11-6-4-5-7-14(11)17(3)13-8-12(15-2)9-16-10-13/h8-11,14-15H,4-7H2,1-3H3.